The van der Waals surface area contributed by atoms with Gasteiger partial charge in [0.2, 0.25) is 0 Å². The highest BCUT2D eigenvalue weighted by molar-refractivity contribution is 7.99. The Hall–Kier alpha value is -4.57. The molecule has 9 nitrogen and oxygen atoms in total. The molecule has 194 valence electrons. The van der Waals surface area contributed by atoms with Gasteiger partial charge in [-0.25, -0.2) is 5.43 Å². The second-order valence-corrected chi connectivity index (χ2v) is 8.92. The number of benzene rings is 3. The van der Waals surface area contributed by atoms with E-state index in [0.717, 1.165) is 16.8 Å². The molecule has 2 N–H and O–H groups in total. The van der Waals surface area contributed by atoms with E-state index in [9.17, 15) is 9.90 Å². The lowest BCUT2D eigenvalue weighted by atomic mass is 10.1. The number of carbonyl (C=O) groups is 1. The highest BCUT2D eigenvalue weighted by Gasteiger charge is 2.18. The summed E-state index contributed by atoms with van der Waals surface area (Å²) in [5, 5.41) is 23.6. The first-order valence-corrected chi connectivity index (χ1v) is 12.6. The molecule has 1 aromatic heterocycles. The Kier molecular flexibility index (Phi) is 8.78. The van der Waals surface area contributed by atoms with Crippen molar-refractivity contribution in [3.63, 3.8) is 0 Å². The Balaban J connectivity index is 1.52. The van der Waals surface area contributed by atoms with Crippen molar-refractivity contribution in [3.8, 4) is 34.3 Å². The number of amides is 1. The number of phenolic OH excluding ortho intramolecular Hbond substituents is 1. The first-order valence-electron chi connectivity index (χ1n) is 11.7. The van der Waals surface area contributed by atoms with Crippen LogP contribution in [0.25, 0.3) is 17.1 Å². The zero-order valence-electron chi connectivity index (χ0n) is 21.0. The molecule has 1 amide bonds. The van der Waals surface area contributed by atoms with E-state index in [-0.39, 0.29) is 17.4 Å². The van der Waals surface area contributed by atoms with Crippen LogP contribution in [0.15, 0.2) is 89.6 Å². The average Bonchev–Trinajstić information content (AvgIpc) is 3.38. The van der Waals surface area contributed by atoms with Crippen LogP contribution in [0.1, 0.15) is 11.1 Å². The number of thioether (sulfide) groups is 1. The largest absolute Gasteiger partial charge is 0.507 e. The smallest absolute Gasteiger partial charge is 0.250 e. The Labute approximate surface area is 224 Å². The number of para-hydroxylation sites is 2. The van der Waals surface area contributed by atoms with Crippen molar-refractivity contribution in [3.05, 3.63) is 90.5 Å². The maximum Gasteiger partial charge on any atom is 0.250 e. The molecule has 0 aliphatic rings. The van der Waals surface area contributed by atoms with Crippen LogP contribution >= 0.6 is 11.8 Å². The maximum absolute atomic E-state index is 12.5. The van der Waals surface area contributed by atoms with Gasteiger partial charge in [-0.3, -0.25) is 9.36 Å². The lowest BCUT2D eigenvalue weighted by Gasteiger charge is -2.12. The first-order chi connectivity index (χ1) is 18.5. The third-order valence-corrected chi connectivity index (χ3v) is 6.46. The Morgan fingerprint density at radius 2 is 1.87 bits per heavy atom. The van der Waals surface area contributed by atoms with E-state index >= 15 is 0 Å². The van der Waals surface area contributed by atoms with Crippen molar-refractivity contribution in [2.45, 2.75) is 11.6 Å². The summed E-state index contributed by atoms with van der Waals surface area (Å²) in [4.78, 5) is 12.5. The highest BCUT2D eigenvalue weighted by atomic mass is 32.2. The van der Waals surface area contributed by atoms with Crippen LogP contribution in [0.3, 0.4) is 0 Å². The summed E-state index contributed by atoms with van der Waals surface area (Å²) >= 11 is 1.23. The standard InChI is InChI=1S/C28H27N5O4S/c1-4-9-19-10-8-11-21(26(19)35)17-29-30-25(34)18-38-28-32-31-27(33(28)22-12-6-5-7-13-22)20-14-15-23(36-2)24(16-20)37-3/h4-8,10-17,35H,1,9,18H2,2-3H3,(H,30,34)/b29-17+. The number of nitrogens with one attached hydrogen (secondary N) is 1. The molecule has 4 aromatic rings. The molecule has 4 rings (SSSR count). The van der Waals surface area contributed by atoms with Gasteiger partial charge in [0.25, 0.3) is 5.91 Å². The second-order valence-electron chi connectivity index (χ2n) is 7.98. The minimum atomic E-state index is -0.330. The van der Waals surface area contributed by atoms with E-state index in [4.69, 9.17) is 9.47 Å². The molecule has 0 aliphatic heterocycles. The maximum atomic E-state index is 12.5. The van der Waals surface area contributed by atoms with Gasteiger partial charge in [0.1, 0.15) is 5.75 Å². The summed E-state index contributed by atoms with van der Waals surface area (Å²) in [5.74, 6) is 1.60. The fourth-order valence-corrected chi connectivity index (χ4v) is 4.45. The van der Waals surface area contributed by atoms with Gasteiger partial charge in [0.15, 0.2) is 22.5 Å². The summed E-state index contributed by atoms with van der Waals surface area (Å²) in [6, 6.07) is 20.5. The van der Waals surface area contributed by atoms with Crippen LogP contribution in [0.2, 0.25) is 0 Å². The highest BCUT2D eigenvalue weighted by Crippen LogP contribution is 2.34. The van der Waals surface area contributed by atoms with Crippen molar-refractivity contribution in [2.24, 2.45) is 5.10 Å². The van der Waals surface area contributed by atoms with Gasteiger partial charge in [-0.2, -0.15) is 5.10 Å². The number of nitrogens with zero attached hydrogens (tertiary/aromatic N) is 4. The lowest BCUT2D eigenvalue weighted by Crippen LogP contribution is -2.20. The number of ether oxygens (including phenoxy) is 2. The minimum Gasteiger partial charge on any atom is -0.507 e. The lowest BCUT2D eigenvalue weighted by molar-refractivity contribution is -0.118. The van der Waals surface area contributed by atoms with Gasteiger partial charge in [0, 0.05) is 16.8 Å². The van der Waals surface area contributed by atoms with Crippen molar-refractivity contribution < 1.29 is 19.4 Å². The number of hydrazone groups is 1. The number of allylic oxidation sites excluding steroid dienone is 1. The van der Waals surface area contributed by atoms with Crippen molar-refractivity contribution in [1.82, 2.24) is 20.2 Å². The van der Waals surface area contributed by atoms with E-state index in [1.54, 1.807) is 32.4 Å². The number of hydrogen-bond acceptors (Lipinski definition) is 8. The van der Waals surface area contributed by atoms with Gasteiger partial charge in [-0.15, -0.1) is 16.8 Å². The van der Waals surface area contributed by atoms with Crippen LogP contribution < -0.4 is 14.9 Å². The Morgan fingerprint density at radius 3 is 2.61 bits per heavy atom. The minimum absolute atomic E-state index is 0.0523. The third-order valence-electron chi connectivity index (χ3n) is 5.53. The topological polar surface area (TPSA) is 111 Å². The summed E-state index contributed by atoms with van der Waals surface area (Å²) in [6.07, 6.45) is 3.65. The zero-order valence-corrected chi connectivity index (χ0v) is 21.8. The summed E-state index contributed by atoms with van der Waals surface area (Å²) in [6.45, 7) is 3.69. The van der Waals surface area contributed by atoms with Gasteiger partial charge < -0.3 is 14.6 Å². The Bertz CT molecular complexity index is 1450. The molecule has 0 atom stereocenters. The number of rotatable bonds is 11. The average molecular weight is 530 g/mol. The van der Waals surface area contributed by atoms with Crippen LogP contribution in [-0.4, -0.2) is 52.0 Å². The summed E-state index contributed by atoms with van der Waals surface area (Å²) in [7, 11) is 3.15. The molecular formula is C28H27N5O4S. The van der Waals surface area contributed by atoms with Crippen molar-refractivity contribution >= 4 is 23.9 Å². The molecule has 1 heterocycles. The van der Waals surface area contributed by atoms with Crippen LogP contribution in [0.4, 0.5) is 0 Å². The molecular weight excluding hydrogens is 502 g/mol. The molecule has 3 aromatic carbocycles. The fraction of sp³-hybridized carbons (Fsp3) is 0.143. The molecule has 0 saturated carbocycles. The number of aromatic hydroxyl groups is 1. The van der Waals surface area contributed by atoms with Crippen molar-refractivity contribution in [1.29, 1.82) is 0 Å². The predicted molar refractivity (Wildman–Crippen MR) is 148 cm³/mol. The molecule has 0 unspecified atom stereocenters. The molecule has 0 fully saturated rings. The number of carbonyl (C=O) groups excluding carboxylic acids is 1. The Morgan fingerprint density at radius 1 is 1.08 bits per heavy atom. The normalized spacial score (nSPS) is 10.9. The van der Waals surface area contributed by atoms with Gasteiger partial charge in [-0.05, 0) is 48.4 Å². The van der Waals surface area contributed by atoms with Crippen LogP contribution in [-0.2, 0) is 11.2 Å². The second kappa shape index (κ2) is 12.6. The van der Waals surface area contributed by atoms with E-state index in [1.165, 1.54) is 18.0 Å². The summed E-state index contributed by atoms with van der Waals surface area (Å²) in [5.41, 5.74) is 5.35. The molecule has 0 radical (unpaired) electrons. The number of methoxy groups -OCH3 is 2. The number of aromatic nitrogens is 3. The van der Waals surface area contributed by atoms with Crippen LogP contribution in [0.5, 0.6) is 17.2 Å². The fourth-order valence-electron chi connectivity index (χ4n) is 3.71. The first kappa shape index (κ1) is 26.5. The molecule has 38 heavy (non-hydrogen) atoms. The molecule has 0 spiro atoms. The molecule has 0 aliphatic carbocycles. The van der Waals surface area contributed by atoms with Gasteiger partial charge in [-0.1, -0.05) is 48.2 Å². The predicted octanol–water partition coefficient (Wildman–Crippen LogP) is 4.63. The molecule has 10 heteroatoms. The van der Waals surface area contributed by atoms with Gasteiger partial charge in [0.05, 0.1) is 26.2 Å². The van der Waals surface area contributed by atoms with Crippen LogP contribution in [0, 0.1) is 0 Å². The van der Waals surface area contributed by atoms with E-state index < -0.39 is 0 Å². The molecule has 0 bridgehead atoms. The van der Waals surface area contributed by atoms with E-state index in [0.29, 0.717) is 34.5 Å². The SMILES string of the molecule is C=CCc1cccc(/C=N/NC(=O)CSc2nnc(-c3ccc(OC)c(OC)c3)n2-c2ccccc2)c1O. The monoisotopic (exact) mass is 529 g/mol. The third kappa shape index (κ3) is 6.04. The van der Waals surface area contributed by atoms with E-state index in [2.05, 4.69) is 27.3 Å². The molecule has 0 saturated heterocycles. The quantitative estimate of drug-likeness (QED) is 0.126. The number of hydrogen-bond donors (Lipinski definition) is 2. The zero-order chi connectivity index (χ0) is 26.9. The number of phenols is 1. The van der Waals surface area contributed by atoms with Gasteiger partial charge >= 0.3 is 0 Å². The van der Waals surface area contributed by atoms with E-state index in [1.807, 2.05) is 59.2 Å². The summed E-state index contributed by atoms with van der Waals surface area (Å²) < 4.78 is 12.7. The van der Waals surface area contributed by atoms with Crippen molar-refractivity contribution in [2.75, 3.05) is 20.0 Å².